The number of aromatic nitrogens is 2. The van der Waals surface area contributed by atoms with Gasteiger partial charge in [0.25, 0.3) is 0 Å². The topological polar surface area (TPSA) is 58.6 Å². The lowest BCUT2D eigenvalue weighted by Crippen LogP contribution is -2.40. The summed E-state index contributed by atoms with van der Waals surface area (Å²) in [7, 11) is 1.66. The van der Waals surface area contributed by atoms with Crippen molar-refractivity contribution in [3.05, 3.63) is 18.1 Å². The van der Waals surface area contributed by atoms with Crippen LogP contribution >= 0.6 is 0 Å². The van der Waals surface area contributed by atoms with Crippen LogP contribution in [0.4, 0.5) is 5.82 Å². The molecule has 6 nitrogen and oxygen atoms in total. The molecule has 1 saturated carbocycles. The lowest BCUT2D eigenvalue weighted by Gasteiger charge is -2.31. The Balaban J connectivity index is 1.38. The van der Waals surface area contributed by atoms with Crippen LogP contribution in [-0.2, 0) is 16.1 Å². The van der Waals surface area contributed by atoms with Crippen LogP contribution in [0.5, 0.6) is 0 Å². The monoisotopic (exact) mass is 358 g/mol. The van der Waals surface area contributed by atoms with Gasteiger partial charge in [-0.3, -0.25) is 4.79 Å². The average molecular weight is 358 g/mol. The van der Waals surface area contributed by atoms with E-state index in [1.165, 1.54) is 12.8 Å². The fraction of sp³-hybridized carbons (Fsp3) is 0.750. The van der Waals surface area contributed by atoms with E-state index in [9.17, 15) is 4.79 Å². The number of methoxy groups -OCH3 is 1. The molecule has 6 heteroatoms. The van der Waals surface area contributed by atoms with Crippen LogP contribution in [0.1, 0.15) is 38.9 Å². The van der Waals surface area contributed by atoms with E-state index in [1.54, 1.807) is 7.11 Å². The van der Waals surface area contributed by atoms with E-state index < -0.39 is 0 Å². The lowest BCUT2D eigenvalue weighted by atomic mass is 9.81. The van der Waals surface area contributed by atoms with Gasteiger partial charge in [-0.2, -0.15) is 0 Å². The second-order valence-electron chi connectivity index (χ2n) is 8.87. The van der Waals surface area contributed by atoms with Crippen molar-refractivity contribution in [3.63, 3.8) is 0 Å². The van der Waals surface area contributed by atoms with Crippen LogP contribution < -0.4 is 4.90 Å². The number of carbonyl (C=O) groups is 1. The standard InChI is InChI=1S/C20H30N4O2/c1-20(2)7-4-5-16(20)19(25)24-11-14-9-23(10-15(14)12-24)18-6-8-21-17(22-18)13-26-3/h6,8,14-16H,4-5,7,9-13H2,1-3H3/t14-,15+,16?. The van der Waals surface area contributed by atoms with Crippen molar-refractivity contribution in [2.75, 3.05) is 38.2 Å². The highest BCUT2D eigenvalue weighted by Crippen LogP contribution is 2.44. The van der Waals surface area contributed by atoms with E-state index in [0.717, 1.165) is 44.2 Å². The van der Waals surface area contributed by atoms with E-state index in [0.29, 0.717) is 24.3 Å². The third-order valence-corrected chi connectivity index (χ3v) is 6.64. The third kappa shape index (κ3) is 3.20. The fourth-order valence-electron chi connectivity index (χ4n) is 5.13. The van der Waals surface area contributed by atoms with Crippen LogP contribution in [0.15, 0.2) is 12.3 Å². The van der Waals surface area contributed by atoms with E-state index in [1.807, 2.05) is 12.3 Å². The Morgan fingerprint density at radius 1 is 1.27 bits per heavy atom. The molecule has 0 radical (unpaired) electrons. The van der Waals surface area contributed by atoms with Gasteiger partial charge in [0.15, 0.2) is 5.82 Å². The Morgan fingerprint density at radius 2 is 2.00 bits per heavy atom. The molecule has 0 N–H and O–H groups in total. The summed E-state index contributed by atoms with van der Waals surface area (Å²) < 4.78 is 5.14. The predicted molar refractivity (Wildman–Crippen MR) is 99.6 cm³/mol. The zero-order valence-electron chi connectivity index (χ0n) is 16.1. The maximum Gasteiger partial charge on any atom is 0.226 e. The number of fused-ring (bicyclic) bond motifs is 1. The molecule has 3 fully saturated rings. The largest absolute Gasteiger partial charge is 0.377 e. The molecule has 1 aromatic heterocycles. The Bertz CT molecular complexity index is 664. The molecule has 26 heavy (non-hydrogen) atoms. The smallest absolute Gasteiger partial charge is 0.226 e. The lowest BCUT2D eigenvalue weighted by molar-refractivity contribution is -0.137. The van der Waals surface area contributed by atoms with Gasteiger partial charge in [0.2, 0.25) is 5.91 Å². The molecule has 142 valence electrons. The van der Waals surface area contributed by atoms with Crippen molar-refractivity contribution in [1.29, 1.82) is 0 Å². The van der Waals surface area contributed by atoms with Gasteiger partial charge in [0.05, 0.1) is 0 Å². The molecule has 3 atom stereocenters. The Labute approximate surface area is 155 Å². The first-order valence-electron chi connectivity index (χ1n) is 9.82. The molecule has 4 rings (SSSR count). The molecule has 0 spiro atoms. The molecule has 3 heterocycles. The number of carbonyl (C=O) groups excluding carboxylic acids is 1. The van der Waals surface area contributed by atoms with Crippen LogP contribution in [-0.4, -0.2) is 54.1 Å². The summed E-state index contributed by atoms with van der Waals surface area (Å²) in [6.45, 7) is 8.72. The number of nitrogens with zero attached hydrogens (tertiary/aromatic N) is 4. The number of hydrogen-bond acceptors (Lipinski definition) is 5. The second kappa shape index (κ2) is 6.80. The van der Waals surface area contributed by atoms with E-state index in [2.05, 4.69) is 33.6 Å². The van der Waals surface area contributed by atoms with Gasteiger partial charge < -0.3 is 14.5 Å². The van der Waals surface area contributed by atoms with E-state index in [4.69, 9.17) is 4.74 Å². The Hall–Kier alpha value is -1.69. The zero-order valence-corrected chi connectivity index (χ0v) is 16.1. The van der Waals surface area contributed by atoms with Crippen LogP contribution in [0.2, 0.25) is 0 Å². The van der Waals surface area contributed by atoms with Crippen molar-refractivity contribution in [2.45, 2.75) is 39.7 Å². The molecule has 2 saturated heterocycles. The molecular weight excluding hydrogens is 328 g/mol. The highest BCUT2D eigenvalue weighted by molar-refractivity contribution is 5.80. The quantitative estimate of drug-likeness (QED) is 0.827. The normalized spacial score (nSPS) is 30.0. The van der Waals surface area contributed by atoms with Gasteiger partial charge in [-0.1, -0.05) is 20.3 Å². The first-order valence-corrected chi connectivity index (χ1v) is 9.82. The molecule has 0 aromatic carbocycles. The number of anilines is 1. The predicted octanol–water partition coefficient (Wildman–Crippen LogP) is 2.34. The summed E-state index contributed by atoms with van der Waals surface area (Å²) in [5, 5.41) is 0. The van der Waals surface area contributed by atoms with Gasteiger partial charge in [-0.25, -0.2) is 9.97 Å². The number of rotatable bonds is 4. The minimum Gasteiger partial charge on any atom is -0.377 e. The van der Waals surface area contributed by atoms with Crippen molar-refractivity contribution in [3.8, 4) is 0 Å². The molecule has 1 unspecified atom stereocenters. The van der Waals surface area contributed by atoms with E-state index >= 15 is 0 Å². The number of ether oxygens (including phenoxy) is 1. The molecular formula is C20H30N4O2. The second-order valence-corrected chi connectivity index (χ2v) is 8.87. The van der Waals surface area contributed by atoms with Crippen molar-refractivity contribution in [1.82, 2.24) is 14.9 Å². The molecule has 1 aromatic rings. The maximum atomic E-state index is 13.0. The van der Waals surface area contributed by atoms with Crippen molar-refractivity contribution in [2.24, 2.45) is 23.2 Å². The van der Waals surface area contributed by atoms with Crippen molar-refractivity contribution < 1.29 is 9.53 Å². The summed E-state index contributed by atoms with van der Waals surface area (Å²) in [4.78, 5) is 26.4. The number of likely N-dealkylation sites (tertiary alicyclic amines) is 1. The minimum atomic E-state index is 0.166. The Morgan fingerprint density at radius 3 is 2.62 bits per heavy atom. The molecule has 3 aliphatic rings. The van der Waals surface area contributed by atoms with Crippen molar-refractivity contribution >= 4 is 11.7 Å². The van der Waals surface area contributed by atoms with E-state index in [-0.39, 0.29) is 11.3 Å². The third-order valence-electron chi connectivity index (χ3n) is 6.64. The summed E-state index contributed by atoms with van der Waals surface area (Å²) in [5.41, 5.74) is 0.166. The molecule has 2 aliphatic heterocycles. The number of amides is 1. The summed E-state index contributed by atoms with van der Waals surface area (Å²) in [6, 6.07) is 1.98. The van der Waals surface area contributed by atoms with Crippen LogP contribution in [0.3, 0.4) is 0 Å². The van der Waals surface area contributed by atoms with Crippen LogP contribution in [0.25, 0.3) is 0 Å². The molecule has 1 aliphatic carbocycles. The minimum absolute atomic E-state index is 0.166. The summed E-state index contributed by atoms with van der Waals surface area (Å²) in [6.07, 6.45) is 5.24. The molecule has 0 bridgehead atoms. The van der Waals surface area contributed by atoms with Gasteiger partial charge in [0, 0.05) is 57.2 Å². The summed E-state index contributed by atoms with van der Waals surface area (Å²) >= 11 is 0. The fourth-order valence-corrected chi connectivity index (χ4v) is 5.13. The SMILES string of the molecule is COCc1nccc(N2C[C@H]3CN(C(=O)C4CCCC4(C)C)C[C@H]3C2)n1. The highest BCUT2D eigenvalue weighted by Gasteiger charge is 2.46. The summed E-state index contributed by atoms with van der Waals surface area (Å²) in [5.74, 6) is 3.45. The highest BCUT2D eigenvalue weighted by atomic mass is 16.5. The van der Waals surface area contributed by atoms with Gasteiger partial charge in [-0.05, 0) is 24.3 Å². The first kappa shape index (κ1) is 17.7. The molecule has 1 amide bonds. The van der Waals surface area contributed by atoms with Gasteiger partial charge >= 0.3 is 0 Å². The van der Waals surface area contributed by atoms with Gasteiger partial charge in [-0.15, -0.1) is 0 Å². The average Bonchev–Trinajstić information content (AvgIpc) is 3.27. The maximum absolute atomic E-state index is 13.0. The first-order chi connectivity index (χ1) is 12.5. The Kier molecular flexibility index (Phi) is 4.63. The van der Waals surface area contributed by atoms with Gasteiger partial charge in [0.1, 0.15) is 12.4 Å². The number of hydrogen-bond donors (Lipinski definition) is 0. The zero-order chi connectivity index (χ0) is 18.3. The van der Waals surface area contributed by atoms with Crippen LogP contribution in [0, 0.1) is 23.2 Å².